The molecule has 2 aromatic heterocycles. The van der Waals surface area contributed by atoms with E-state index >= 15 is 0 Å². The van der Waals surface area contributed by atoms with E-state index in [0.717, 1.165) is 4.47 Å². The number of pyridine rings is 1. The molecule has 2 heterocycles. The highest BCUT2D eigenvalue weighted by Gasteiger charge is 2.11. The van der Waals surface area contributed by atoms with Gasteiger partial charge in [0.1, 0.15) is 11.4 Å². The van der Waals surface area contributed by atoms with Crippen molar-refractivity contribution in [2.24, 2.45) is 4.99 Å². The summed E-state index contributed by atoms with van der Waals surface area (Å²) in [7, 11) is 1.63. The first-order chi connectivity index (χ1) is 9.60. The van der Waals surface area contributed by atoms with Gasteiger partial charge in [-0.2, -0.15) is 4.98 Å². The predicted octanol–water partition coefficient (Wildman–Crippen LogP) is 2.73. The molecule has 5 nitrogen and oxygen atoms in total. The molecule has 2 N–H and O–H groups in total. The fourth-order valence-corrected chi connectivity index (χ4v) is 2.39. The quantitative estimate of drug-likeness (QED) is 0.549. The van der Waals surface area contributed by atoms with Gasteiger partial charge < -0.3 is 10.2 Å². The number of benzene rings is 1. The highest BCUT2D eigenvalue weighted by molar-refractivity contribution is 9.10. The van der Waals surface area contributed by atoms with E-state index in [9.17, 15) is 4.79 Å². The molecule has 0 aliphatic heterocycles. The van der Waals surface area contributed by atoms with Crippen LogP contribution in [0.25, 0.3) is 22.1 Å². The van der Waals surface area contributed by atoms with E-state index in [0.29, 0.717) is 21.9 Å². The zero-order chi connectivity index (χ0) is 14.3. The van der Waals surface area contributed by atoms with Crippen LogP contribution in [0, 0.1) is 0 Å². The van der Waals surface area contributed by atoms with Crippen LogP contribution < -0.4 is 11.2 Å². The molecular weight excluding hydrogens is 322 g/mol. The standard InChI is InChI=1S/C14H10BrN3O2/c1-17-6-7-4-10-12(19)9-5-8(15)2-3-11(9)20-14(10)18-13(7)16/h2-6H,1H3,(H2,16,18). The molecule has 0 saturated carbocycles. The molecule has 0 saturated heterocycles. The number of nitrogen functional groups attached to an aromatic ring is 1. The molecular formula is C14H10BrN3O2. The van der Waals surface area contributed by atoms with Crippen LogP contribution in [0.4, 0.5) is 5.82 Å². The average Bonchev–Trinajstić information content (AvgIpc) is 2.42. The lowest BCUT2D eigenvalue weighted by atomic mass is 10.1. The maximum atomic E-state index is 12.5. The zero-order valence-electron chi connectivity index (χ0n) is 10.6. The van der Waals surface area contributed by atoms with Gasteiger partial charge in [0.05, 0.1) is 10.8 Å². The summed E-state index contributed by atoms with van der Waals surface area (Å²) in [5.74, 6) is 0.280. The number of anilines is 1. The van der Waals surface area contributed by atoms with Crippen molar-refractivity contribution in [2.45, 2.75) is 0 Å². The number of hydrogen-bond acceptors (Lipinski definition) is 5. The van der Waals surface area contributed by atoms with Crippen LogP contribution in [0.5, 0.6) is 0 Å². The minimum Gasteiger partial charge on any atom is -0.437 e. The summed E-state index contributed by atoms with van der Waals surface area (Å²) < 4.78 is 6.45. The number of fused-ring (bicyclic) bond motifs is 2. The van der Waals surface area contributed by atoms with E-state index in [1.165, 1.54) is 0 Å². The summed E-state index contributed by atoms with van der Waals surface area (Å²) in [5, 5.41) is 0.887. The van der Waals surface area contributed by atoms with Gasteiger partial charge in [-0.15, -0.1) is 0 Å². The van der Waals surface area contributed by atoms with Crippen LogP contribution in [0.2, 0.25) is 0 Å². The SMILES string of the molecule is CN=Cc1cc2c(=O)c3cc(Br)ccc3oc2nc1N. The van der Waals surface area contributed by atoms with Gasteiger partial charge in [-0.05, 0) is 24.3 Å². The Labute approximate surface area is 122 Å². The van der Waals surface area contributed by atoms with Crippen LogP contribution in [0.15, 0.2) is 42.9 Å². The number of rotatable bonds is 1. The number of aromatic nitrogens is 1. The number of nitrogens with two attached hydrogens (primary N) is 1. The smallest absolute Gasteiger partial charge is 0.232 e. The molecule has 0 bridgehead atoms. The minimum atomic E-state index is -0.138. The van der Waals surface area contributed by atoms with E-state index in [-0.39, 0.29) is 17.0 Å². The molecule has 3 aromatic rings. The molecule has 0 unspecified atom stereocenters. The monoisotopic (exact) mass is 331 g/mol. The third kappa shape index (κ3) is 1.98. The van der Waals surface area contributed by atoms with Crippen molar-refractivity contribution in [3.05, 3.63) is 44.5 Å². The predicted molar refractivity (Wildman–Crippen MR) is 83.4 cm³/mol. The Morgan fingerprint density at radius 1 is 1.35 bits per heavy atom. The Bertz CT molecular complexity index is 916. The maximum absolute atomic E-state index is 12.5. The number of hydrogen-bond donors (Lipinski definition) is 1. The van der Waals surface area contributed by atoms with E-state index in [4.69, 9.17) is 10.2 Å². The molecule has 0 amide bonds. The lowest BCUT2D eigenvalue weighted by Gasteiger charge is -2.04. The molecule has 0 radical (unpaired) electrons. The largest absolute Gasteiger partial charge is 0.437 e. The Hall–Kier alpha value is -2.21. The number of nitrogens with zero attached hydrogens (tertiary/aromatic N) is 2. The third-order valence-electron chi connectivity index (χ3n) is 2.95. The van der Waals surface area contributed by atoms with Crippen molar-refractivity contribution in [2.75, 3.05) is 12.8 Å². The Kier molecular flexibility index (Phi) is 3.02. The Balaban J connectivity index is 2.48. The van der Waals surface area contributed by atoms with Gasteiger partial charge >= 0.3 is 0 Å². The fraction of sp³-hybridized carbons (Fsp3) is 0.0714. The molecule has 0 fully saturated rings. The van der Waals surface area contributed by atoms with Crippen molar-refractivity contribution in [3.63, 3.8) is 0 Å². The molecule has 0 aliphatic rings. The van der Waals surface area contributed by atoms with Gasteiger partial charge in [0.15, 0.2) is 0 Å². The lowest BCUT2D eigenvalue weighted by molar-refractivity contribution is 0.645. The van der Waals surface area contributed by atoms with Crippen molar-refractivity contribution in [1.29, 1.82) is 0 Å². The van der Waals surface area contributed by atoms with Crippen molar-refractivity contribution in [1.82, 2.24) is 4.98 Å². The van der Waals surface area contributed by atoms with Crippen LogP contribution in [-0.4, -0.2) is 18.2 Å². The summed E-state index contributed by atoms with van der Waals surface area (Å²) >= 11 is 3.34. The lowest BCUT2D eigenvalue weighted by Crippen LogP contribution is -2.06. The van der Waals surface area contributed by atoms with Gasteiger partial charge in [0.25, 0.3) is 0 Å². The van der Waals surface area contributed by atoms with Gasteiger partial charge in [0.2, 0.25) is 11.1 Å². The second kappa shape index (κ2) is 4.72. The van der Waals surface area contributed by atoms with Gasteiger partial charge in [-0.1, -0.05) is 15.9 Å². The van der Waals surface area contributed by atoms with Gasteiger partial charge in [-0.25, -0.2) is 0 Å². The molecule has 0 spiro atoms. The molecule has 100 valence electrons. The molecule has 20 heavy (non-hydrogen) atoms. The summed E-state index contributed by atoms with van der Waals surface area (Å²) in [6.07, 6.45) is 1.56. The molecule has 0 aliphatic carbocycles. The summed E-state index contributed by atoms with van der Waals surface area (Å²) in [4.78, 5) is 20.5. The summed E-state index contributed by atoms with van der Waals surface area (Å²) in [6, 6.07) is 6.90. The fourth-order valence-electron chi connectivity index (χ4n) is 2.03. The van der Waals surface area contributed by atoms with E-state index in [2.05, 4.69) is 25.9 Å². The first kappa shape index (κ1) is 12.8. The summed E-state index contributed by atoms with van der Waals surface area (Å²) in [5.41, 5.74) is 6.99. The summed E-state index contributed by atoms with van der Waals surface area (Å²) in [6.45, 7) is 0. The normalized spacial score (nSPS) is 11.7. The van der Waals surface area contributed by atoms with E-state index in [1.54, 1.807) is 37.5 Å². The first-order valence-electron chi connectivity index (χ1n) is 5.85. The Morgan fingerprint density at radius 2 is 2.15 bits per heavy atom. The highest BCUT2D eigenvalue weighted by atomic mass is 79.9. The van der Waals surface area contributed by atoms with Gasteiger partial charge in [0, 0.05) is 23.3 Å². The minimum absolute atomic E-state index is 0.138. The van der Waals surface area contributed by atoms with E-state index in [1.807, 2.05) is 0 Å². The molecule has 0 atom stereocenters. The number of aliphatic imine (C=N–C) groups is 1. The average molecular weight is 332 g/mol. The van der Waals surface area contributed by atoms with Crippen molar-refractivity contribution >= 4 is 50.0 Å². The van der Waals surface area contributed by atoms with E-state index < -0.39 is 0 Å². The topological polar surface area (TPSA) is 81.5 Å². The second-order valence-corrected chi connectivity index (χ2v) is 5.19. The first-order valence-corrected chi connectivity index (χ1v) is 6.64. The molecule has 6 heteroatoms. The second-order valence-electron chi connectivity index (χ2n) is 4.27. The van der Waals surface area contributed by atoms with Crippen LogP contribution in [0.3, 0.4) is 0 Å². The van der Waals surface area contributed by atoms with Crippen molar-refractivity contribution in [3.8, 4) is 0 Å². The highest BCUT2D eigenvalue weighted by Crippen LogP contribution is 2.22. The van der Waals surface area contributed by atoms with Crippen LogP contribution in [0.1, 0.15) is 5.56 Å². The zero-order valence-corrected chi connectivity index (χ0v) is 12.1. The van der Waals surface area contributed by atoms with Gasteiger partial charge in [-0.3, -0.25) is 9.79 Å². The number of halogens is 1. The Morgan fingerprint density at radius 3 is 2.90 bits per heavy atom. The maximum Gasteiger partial charge on any atom is 0.232 e. The van der Waals surface area contributed by atoms with Crippen LogP contribution in [-0.2, 0) is 0 Å². The molecule has 1 aromatic carbocycles. The third-order valence-corrected chi connectivity index (χ3v) is 3.45. The van der Waals surface area contributed by atoms with Crippen LogP contribution >= 0.6 is 15.9 Å². The van der Waals surface area contributed by atoms with Crippen molar-refractivity contribution < 1.29 is 4.42 Å². The molecule has 3 rings (SSSR count).